The molecule has 6 nitrogen and oxygen atoms in total. The number of hydrogen-bond donors (Lipinski definition) is 2. The molecule has 0 saturated heterocycles. The van der Waals surface area contributed by atoms with Gasteiger partial charge in [-0.25, -0.2) is 0 Å². The van der Waals surface area contributed by atoms with E-state index in [-0.39, 0.29) is 16.9 Å². The summed E-state index contributed by atoms with van der Waals surface area (Å²) in [6.45, 7) is 10.3. The van der Waals surface area contributed by atoms with Gasteiger partial charge in [0.1, 0.15) is 5.41 Å². The molecule has 0 aromatic carbocycles. The first-order valence-corrected chi connectivity index (χ1v) is 9.14. The average molecular weight is 347 g/mol. The Morgan fingerprint density at radius 1 is 1.28 bits per heavy atom. The standard InChI is InChI=1S/C19H29N3O3/c1-12(2)13-9-14(21-22(13)17(3,4)5)20-15(23)19(16(24)25)10-18(11-19)7-6-8-18/h9,12H,6-8,10-11H2,1-5H3,(H,24,25)(H,20,21,23). The molecule has 2 aliphatic rings. The molecule has 0 radical (unpaired) electrons. The first kappa shape index (κ1) is 18.0. The summed E-state index contributed by atoms with van der Waals surface area (Å²) < 4.78 is 1.91. The van der Waals surface area contributed by atoms with Gasteiger partial charge in [-0.1, -0.05) is 20.3 Å². The van der Waals surface area contributed by atoms with Crippen LogP contribution in [0.4, 0.5) is 5.82 Å². The fraction of sp³-hybridized carbons (Fsp3) is 0.737. The van der Waals surface area contributed by atoms with E-state index >= 15 is 0 Å². The summed E-state index contributed by atoms with van der Waals surface area (Å²) in [4.78, 5) is 24.6. The largest absolute Gasteiger partial charge is 0.480 e. The van der Waals surface area contributed by atoms with Crippen LogP contribution in [0.15, 0.2) is 6.07 Å². The molecule has 2 saturated carbocycles. The Bertz CT molecular complexity index is 700. The monoisotopic (exact) mass is 347 g/mol. The number of nitrogens with zero attached hydrogens (tertiary/aromatic N) is 2. The summed E-state index contributed by atoms with van der Waals surface area (Å²) in [5.74, 6) is -0.736. The Morgan fingerprint density at radius 3 is 2.24 bits per heavy atom. The predicted octanol–water partition coefficient (Wildman–Crippen LogP) is 3.74. The maximum absolute atomic E-state index is 12.8. The Labute approximate surface area is 149 Å². The molecule has 2 fully saturated rings. The van der Waals surface area contributed by atoms with E-state index in [9.17, 15) is 14.7 Å². The highest BCUT2D eigenvalue weighted by molar-refractivity contribution is 6.09. The summed E-state index contributed by atoms with van der Waals surface area (Å²) in [5, 5.41) is 17.0. The Morgan fingerprint density at radius 2 is 1.88 bits per heavy atom. The lowest BCUT2D eigenvalue weighted by Crippen LogP contribution is -2.59. The molecule has 0 atom stereocenters. The lowest BCUT2D eigenvalue weighted by atomic mass is 9.45. The van der Waals surface area contributed by atoms with Crippen LogP contribution >= 0.6 is 0 Å². The molecule has 2 aliphatic carbocycles. The van der Waals surface area contributed by atoms with Crippen LogP contribution in [0, 0.1) is 10.8 Å². The van der Waals surface area contributed by atoms with E-state index in [1.54, 1.807) is 0 Å². The molecule has 0 unspecified atom stereocenters. The quantitative estimate of drug-likeness (QED) is 0.813. The van der Waals surface area contributed by atoms with E-state index < -0.39 is 17.3 Å². The minimum atomic E-state index is -1.29. The number of hydrogen-bond acceptors (Lipinski definition) is 3. The fourth-order valence-electron chi connectivity index (χ4n) is 4.31. The van der Waals surface area contributed by atoms with Gasteiger partial charge in [0.2, 0.25) is 5.91 Å². The molecule has 1 aromatic rings. The van der Waals surface area contributed by atoms with Crippen LogP contribution < -0.4 is 5.32 Å². The molecule has 1 heterocycles. The normalized spacial score (nSPS) is 20.9. The van der Waals surface area contributed by atoms with Crippen LogP contribution in [0.5, 0.6) is 0 Å². The van der Waals surface area contributed by atoms with Crippen molar-refractivity contribution in [1.29, 1.82) is 0 Å². The predicted molar refractivity (Wildman–Crippen MR) is 95.5 cm³/mol. The zero-order chi connectivity index (χ0) is 18.6. The smallest absolute Gasteiger partial charge is 0.319 e. The number of anilines is 1. The van der Waals surface area contributed by atoms with Crippen LogP contribution in [0.1, 0.15) is 78.3 Å². The second kappa shape index (κ2) is 5.58. The van der Waals surface area contributed by atoms with Crippen molar-refractivity contribution in [2.24, 2.45) is 10.8 Å². The molecule has 1 spiro atoms. The second-order valence-electron chi connectivity index (χ2n) is 9.24. The Kier molecular flexibility index (Phi) is 4.01. The third-order valence-corrected chi connectivity index (χ3v) is 5.82. The highest BCUT2D eigenvalue weighted by Crippen LogP contribution is 2.64. The maximum Gasteiger partial charge on any atom is 0.319 e. The van der Waals surface area contributed by atoms with Crippen LogP contribution in [-0.2, 0) is 15.1 Å². The molecule has 0 bridgehead atoms. The van der Waals surface area contributed by atoms with Gasteiger partial charge in [-0.05, 0) is 57.8 Å². The van der Waals surface area contributed by atoms with Gasteiger partial charge >= 0.3 is 5.97 Å². The van der Waals surface area contributed by atoms with Crippen molar-refractivity contribution in [3.63, 3.8) is 0 Å². The van der Waals surface area contributed by atoms with Crippen LogP contribution in [-0.4, -0.2) is 26.8 Å². The van der Waals surface area contributed by atoms with E-state index in [0.29, 0.717) is 18.7 Å². The molecular weight excluding hydrogens is 318 g/mol. The van der Waals surface area contributed by atoms with Gasteiger partial charge in [-0.2, -0.15) is 5.10 Å². The van der Waals surface area contributed by atoms with Gasteiger partial charge in [0, 0.05) is 11.8 Å². The van der Waals surface area contributed by atoms with Gasteiger partial charge in [-0.3, -0.25) is 14.3 Å². The average Bonchev–Trinajstić information content (AvgIpc) is 2.79. The second-order valence-corrected chi connectivity index (χ2v) is 9.24. The molecule has 2 N–H and O–H groups in total. The summed E-state index contributed by atoms with van der Waals surface area (Å²) in [6, 6.07) is 1.86. The van der Waals surface area contributed by atoms with Crippen molar-refractivity contribution in [3.05, 3.63) is 11.8 Å². The number of carboxylic acid groups (broad SMARTS) is 1. The summed E-state index contributed by atoms with van der Waals surface area (Å²) in [5.41, 5.74) is -0.371. The SMILES string of the molecule is CC(C)c1cc(NC(=O)C2(C(=O)O)CC3(CCC3)C2)nn1C(C)(C)C. The van der Waals surface area contributed by atoms with Crippen molar-refractivity contribution in [1.82, 2.24) is 9.78 Å². The summed E-state index contributed by atoms with van der Waals surface area (Å²) in [7, 11) is 0. The van der Waals surface area contributed by atoms with Crippen molar-refractivity contribution in [2.45, 2.75) is 78.2 Å². The number of amides is 1. The van der Waals surface area contributed by atoms with E-state index in [1.165, 1.54) is 0 Å². The van der Waals surface area contributed by atoms with Gasteiger partial charge in [0.15, 0.2) is 5.82 Å². The van der Waals surface area contributed by atoms with Gasteiger partial charge in [0.25, 0.3) is 0 Å². The molecule has 6 heteroatoms. The highest BCUT2D eigenvalue weighted by Gasteiger charge is 2.65. The molecule has 0 aliphatic heterocycles. The van der Waals surface area contributed by atoms with Crippen LogP contribution in [0.25, 0.3) is 0 Å². The van der Waals surface area contributed by atoms with Crippen molar-refractivity contribution >= 4 is 17.7 Å². The van der Waals surface area contributed by atoms with Crippen LogP contribution in [0.3, 0.4) is 0 Å². The molecule has 1 aromatic heterocycles. The molecular formula is C19H29N3O3. The fourth-order valence-corrected chi connectivity index (χ4v) is 4.31. The number of carboxylic acids is 1. The lowest BCUT2D eigenvalue weighted by Gasteiger charge is -2.57. The number of aliphatic carboxylic acids is 1. The van der Waals surface area contributed by atoms with Crippen molar-refractivity contribution < 1.29 is 14.7 Å². The molecule has 138 valence electrons. The first-order valence-electron chi connectivity index (χ1n) is 9.14. The zero-order valence-corrected chi connectivity index (χ0v) is 15.8. The summed E-state index contributed by atoms with van der Waals surface area (Å²) >= 11 is 0. The number of aromatic nitrogens is 2. The lowest BCUT2D eigenvalue weighted by molar-refractivity contribution is -0.178. The number of carbonyl (C=O) groups excluding carboxylic acids is 1. The van der Waals surface area contributed by atoms with E-state index in [2.05, 4.69) is 45.0 Å². The number of carbonyl (C=O) groups is 2. The summed E-state index contributed by atoms with van der Waals surface area (Å²) in [6.07, 6.45) is 4.15. The van der Waals surface area contributed by atoms with Crippen molar-refractivity contribution in [3.8, 4) is 0 Å². The van der Waals surface area contributed by atoms with Gasteiger partial charge in [0.05, 0.1) is 5.54 Å². The topological polar surface area (TPSA) is 84.2 Å². The van der Waals surface area contributed by atoms with Crippen molar-refractivity contribution in [2.75, 3.05) is 5.32 Å². The maximum atomic E-state index is 12.8. The third kappa shape index (κ3) is 2.85. The number of nitrogens with one attached hydrogen (secondary N) is 1. The third-order valence-electron chi connectivity index (χ3n) is 5.82. The first-order chi connectivity index (χ1) is 11.5. The highest BCUT2D eigenvalue weighted by atomic mass is 16.4. The van der Waals surface area contributed by atoms with E-state index in [4.69, 9.17) is 0 Å². The zero-order valence-electron chi connectivity index (χ0n) is 15.8. The van der Waals surface area contributed by atoms with Gasteiger partial charge in [-0.15, -0.1) is 0 Å². The van der Waals surface area contributed by atoms with E-state index in [0.717, 1.165) is 25.0 Å². The Balaban J connectivity index is 1.82. The number of rotatable bonds is 4. The molecule has 1 amide bonds. The van der Waals surface area contributed by atoms with Gasteiger partial charge < -0.3 is 10.4 Å². The molecule has 25 heavy (non-hydrogen) atoms. The van der Waals surface area contributed by atoms with Crippen LogP contribution in [0.2, 0.25) is 0 Å². The van der Waals surface area contributed by atoms with E-state index in [1.807, 2.05) is 10.7 Å². The Hall–Kier alpha value is -1.85. The minimum absolute atomic E-state index is 0.101. The molecule has 3 rings (SSSR count). The minimum Gasteiger partial charge on any atom is -0.480 e.